The van der Waals surface area contributed by atoms with Gasteiger partial charge in [-0.15, -0.1) is 5.10 Å². The Labute approximate surface area is 113 Å². The SMILES string of the molecule is O=C(Nc1cnns1)C(=O)c1ccc2c(c1)CCC2. The number of Topliss-reactive ketones (excluding diaryl/α,β-unsaturated/α-hetero) is 1. The highest BCUT2D eigenvalue weighted by Gasteiger charge is 2.19. The van der Waals surface area contributed by atoms with Crippen LogP contribution in [0.3, 0.4) is 0 Å². The summed E-state index contributed by atoms with van der Waals surface area (Å²) in [5.41, 5.74) is 2.90. The van der Waals surface area contributed by atoms with E-state index in [-0.39, 0.29) is 0 Å². The van der Waals surface area contributed by atoms with Crippen LogP contribution in [-0.2, 0) is 17.6 Å². The molecule has 0 spiro atoms. The number of nitrogens with zero attached hydrogens (tertiary/aromatic N) is 2. The van der Waals surface area contributed by atoms with E-state index in [1.54, 1.807) is 6.07 Å². The molecule has 1 heterocycles. The molecule has 0 aliphatic heterocycles. The first-order valence-corrected chi connectivity index (χ1v) is 6.76. The van der Waals surface area contributed by atoms with Gasteiger partial charge in [0.15, 0.2) is 0 Å². The Hall–Kier alpha value is -2.08. The lowest BCUT2D eigenvalue weighted by Crippen LogP contribution is -2.22. The lowest BCUT2D eigenvalue weighted by molar-refractivity contribution is -0.112. The topological polar surface area (TPSA) is 72.0 Å². The van der Waals surface area contributed by atoms with E-state index in [2.05, 4.69) is 14.9 Å². The monoisotopic (exact) mass is 273 g/mol. The fourth-order valence-electron chi connectivity index (χ4n) is 2.24. The standard InChI is InChI=1S/C13H11N3O2S/c17-12(13(18)15-11-7-14-16-19-11)10-5-4-8-2-1-3-9(8)6-10/h4-7H,1-3H2,(H,15,18). The van der Waals surface area contributed by atoms with Crippen LogP contribution in [0.4, 0.5) is 5.00 Å². The van der Waals surface area contributed by atoms with Crippen LogP contribution in [0, 0.1) is 0 Å². The Morgan fingerprint density at radius 3 is 2.84 bits per heavy atom. The molecule has 0 saturated heterocycles. The molecule has 96 valence electrons. The molecule has 2 aromatic rings. The largest absolute Gasteiger partial charge is 0.308 e. The van der Waals surface area contributed by atoms with Crippen LogP contribution in [-0.4, -0.2) is 21.3 Å². The van der Waals surface area contributed by atoms with E-state index < -0.39 is 11.7 Å². The molecule has 5 nitrogen and oxygen atoms in total. The number of benzene rings is 1. The molecular weight excluding hydrogens is 262 g/mol. The second-order valence-electron chi connectivity index (χ2n) is 4.40. The number of carbonyl (C=O) groups is 2. The number of aryl methyl sites for hydroxylation is 2. The van der Waals surface area contributed by atoms with E-state index in [9.17, 15) is 9.59 Å². The van der Waals surface area contributed by atoms with Crippen LogP contribution in [0.5, 0.6) is 0 Å². The normalized spacial score (nSPS) is 13.1. The lowest BCUT2D eigenvalue weighted by Gasteiger charge is -2.04. The highest BCUT2D eigenvalue weighted by Crippen LogP contribution is 2.23. The fourth-order valence-corrected chi connectivity index (χ4v) is 2.65. The van der Waals surface area contributed by atoms with Crippen molar-refractivity contribution in [1.29, 1.82) is 0 Å². The Morgan fingerprint density at radius 2 is 2.05 bits per heavy atom. The Bertz CT molecular complexity index is 637. The summed E-state index contributed by atoms with van der Waals surface area (Å²) in [6.45, 7) is 0. The van der Waals surface area contributed by atoms with Crippen molar-refractivity contribution in [2.45, 2.75) is 19.3 Å². The molecule has 19 heavy (non-hydrogen) atoms. The third kappa shape index (κ3) is 2.39. The first-order chi connectivity index (χ1) is 9.24. The van der Waals surface area contributed by atoms with Gasteiger partial charge in [0.1, 0.15) is 5.00 Å². The third-order valence-electron chi connectivity index (χ3n) is 3.16. The summed E-state index contributed by atoms with van der Waals surface area (Å²) in [6.07, 6.45) is 4.57. The van der Waals surface area contributed by atoms with Crippen molar-refractivity contribution in [1.82, 2.24) is 9.59 Å². The molecule has 0 unspecified atom stereocenters. The fraction of sp³-hybridized carbons (Fsp3) is 0.231. The van der Waals surface area contributed by atoms with Crippen LogP contribution in [0.15, 0.2) is 24.4 Å². The van der Waals surface area contributed by atoms with E-state index in [0.717, 1.165) is 30.8 Å². The molecule has 0 bridgehead atoms. The number of anilines is 1. The number of hydrogen-bond donors (Lipinski definition) is 1. The van der Waals surface area contributed by atoms with E-state index in [4.69, 9.17) is 0 Å². The van der Waals surface area contributed by atoms with Gasteiger partial charge in [0.2, 0.25) is 0 Å². The molecule has 1 aromatic heterocycles. The molecule has 3 rings (SSSR count). The third-order valence-corrected chi connectivity index (χ3v) is 3.75. The summed E-state index contributed by atoms with van der Waals surface area (Å²) < 4.78 is 3.62. The second-order valence-corrected chi connectivity index (χ2v) is 5.19. The average molecular weight is 273 g/mol. The first-order valence-electron chi connectivity index (χ1n) is 5.99. The maximum Gasteiger partial charge on any atom is 0.297 e. The quantitative estimate of drug-likeness (QED) is 0.684. The predicted molar refractivity (Wildman–Crippen MR) is 71.3 cm³/mol. The van der Waals surface area contributed by atoms with E-state index >= 15 is 0 Å². The minimum Gasteiger partial charge on any atom is -0.308 e. The highest BCUT2D eigenvalue weighted by molar-refractivity contribution is 7.10. The van der Waals surface area contributed by atoms with Crippen LogP contribution >= 0.6 is 11.5 Å². The second kappa shape index (κ2) is 4.89. The molecule has 0 radical (unpaired) electrons. The van der Waals surface area contributed by atoms with Gasteiger partial charge < -0.3 is 5.32 Å². The van der Waals surface area contributed by atoms with Gasteiger partial charge in [-0.25, -0.2) is 0 Å². The molecule has 0 fully saturated rings. The van der Waals surface area contributed by atoms with Crippen molar-refractivity contribution in [3.63, 3.8) is 0 Å². The molecule has 0 saturated carbocycles. The number of nitrogens with one attached hydrogen (secondary N) is 1. The zero-order valence-electron chi connectivity index (χ0n) is 10.0. The molecule has 1 aliphatic rings. The van der Waals surface area contributed by atoms with Crippen molar-refractivity contribution >= 4 is 28.2 Å². The molecule has 1 amide bonds. The summed E-state index contributed by atoms with van der Waals surface area (Å²) >= 11 is 1.04. The number of hydrogen-bond acceptors (Lipinski definition) is 5. The van der Waals surface area contributed by atoms with Crippen molar-refractivity contribution in [3.8, 4) is 0 Å². The van der Waals surface area contributed by atoms with Gasteiger partial charge in [-0.05, 0) is 36.5 Å². The Morgan fingerprint density at radius 1 is 1.21 bits per heavy atom. The highest BCUT2D eigenvalue weighted by atomic mass is 32.1. The summed E-state index contributed by atoms with van der Waals surface area (Å²) in [6, 6.07) is 5.49. The average Bonchev–Trinajstić information content (AvgIpc) is 3.07. The molecular formula is C13H11N3O2S. The van der Waals surface area contributed by atoms with Gasteiger partial charge in [-0.3, -0.25) is 9.59 Å². The Balaban J connectivity index is 1.78. The van der Waals surface area contributed by atoms with Gasteiger partial charge in [-0.1, -0.05) is 16.6 Å². The van der Waals surface area contributed by atoms with Gasteiger partial charge in [0, 0.05) is 17.1 Å². The molecule has 1 N–H and O–H groups in total. The molecule has 6 heteroatoms. The van der Waals surface area contributed by atoms with Crippen LogP contribution in [0.2, 0.25) is 0 Å². The lowest BCUT2D eigenvalue weighted by atomic mass is 10.0. The van der Waals surface area contributed by atoms with Crippen LogP contribution in [0.1, 0.15) is 27.9 Å². The minimum absolute atomic E-state index is 0.440. The molecule has 1 aliphatic carbocycles. The summed E-state index contributed by atoms with van der Waals surface area (Å²) in [5, 5.41) is 6.56. The van der Waals surface area contributed by atoms with Crippen LogP contribution < -0.4 is 5.32 Å². The number of rotatable bonds is 3. The van der Waals surface area contributed by atoms with Gasteiger partial charge in [0.25, 0.3) is 11.7 Å². The van der Waals surface area contributed by atoms with E-state index in [0.29, 0.717) is 10.6 Å². The Kier molecular flexibility index (Phi) is 3.08. The number of ketones is 1. The van der Waals surface area contributed by atoms with E-state index in [1.807, 2.05) is 12.1 Å². The maximum atomic E-state index is 12.0. The smallest absolute Gasteiger partial charge is 0.297 e. The molecule has 0 atom stereocenters. The zero-order chi connectivity index (χ0) is 13.2. The summed E-state index contributed by atoms with van der Waals surface area (Å²) in [4.78, 5) is 23.8. The zero-order valence-corrected chi connectivity index (χ0v) is 10.9. The van der Waals surface area contributed by atoms with Gasteiger partial charge >= 0.3 is 0 Å². The van der Waals surface area contributed by atoms with Crippen LogP contribution in [0.25, 0.3) is 0 Å². The number of fused-ring (bicyclic) bond motifs is 1. The number of aromatic nitrogens is 2. The summed E-state index contributed by atoms with van der Waals surface area (Å²) in [5.74, 6) is -1.17. The molecule has 1 aromatic carbocycles. The van der Waals surface area contributed by atoms with E-state index in [1.165, 1.54) is 17.3 Å². The minimum atomic E-state index is -0.649. The number of carbonyl (C=O) groups excluding carboxylic acids is 2. The van der Waals surface area contributed by atoms with Crippen molar-refractivity contribution in [2.75, 3.05) is 5.32 Å². The van der Waals surface area contributed by atoms with Crippen molar-refractivity contribution in [3.05, 3.63) is 41.1 Å². The maximum absolute atomic E-state index is 12.0. The predicted octanol–water partition coefficient (Wildman–Crippen LogP) is 1.85. The van der Waals surface area contributed by atoms with Crippen molar-refractivity contribution < 1.29 is 9.59 Å². The summed E-state index contributed by atoms with van der Waals surface area (Å²) in [7, 11) is 0. The van der Waals surface area contributed by atoms with Gasteiger partial charge in [-0.2, -0.15) is 0 Å². The van der Waals surface area contributed by atoms with Gasteiger partial charge in [0.05, 0.1) is 6.20 Å². The first kappa shape index (κ1) is 12.0. The number of amides is 1. The van der Waals surface area contributed by atoms with Crippen molar-refractivity contribution in [2.24, 2.45) is 0 Å².